The van der Waals surface area contributed by atoms with E-state index in [1.165, 1.54) is 16.8 Å². The van der Waals surface area contributed by atoms with Crippen LogP contribution in [-0.2, 0) is 12.7 Å². The molecule has 0 radical (unpaired) electrons. The fraction of sp³-hybridized carbons (Fsp3) is 0.500. The van der Waals surface area contributed by atoms with Gasteiger partial charge >= 0.3 is 12.1 Å². The lowest BCUT2D eigenvalue weighted by Gasteiger charge is -2.36. The molecule has 0 amide bonds. The van der Waals surface area contributed by atoms with Crippen molar-refractivity contribution in [3.63, 3.8) is 0 Å². The van der Waals surface area contributed by atoms with Gasteiger partial charge in [0.15, 0.2) is 0 Å². The zero-order valence-electron chi connectivity index (χ0n) is 13.6. The van der Waals surface area contributed by atoms with Crippen molar-refractivity contribution < 1.29 is 17.6 Å². The second kappa shape index (κ2) is 6.43. The van der Waals surface area contributed by atoms with E-state index < -0.39 is 12.1 Å². The van der Waals surface area contributed by atoms with Gasteiger partial charge in [0.25, 0.3) is 0 Å². The summed E-state index contributed by atoms with van der Waals surface area (Å²) in [7, 11) is 0. The minimum absolute atomic E-state index is 0.00233. The van der Waals surface area contributed by atoms with E-state index in [1.54, 1.807) is 0 Å². The molecule has 0 unspecified atom stereocenters. The summed E-state index contributed by atoms with van der Waals surface area (Å²) in [5.74, 6) is -1.28. The zero-order chi connectivity index (χ0) is 17.3. The Balaban J connectivity index is 1.59. The Morgan fingerprint density at radius 1 is 1.08 bits per heavy atom. The summed E-state index contributed by atoms with van der Waals surface area (Å²) in [5.41, 5.74) is 3.73. The van der Waals surface area contributed by atoms with Gasteiger partial charge in [-0.1, -0.05) is 12.1 Å². The van der Waals surface area contributed by atoms with Crippen molar-refractivity contribution in [3.8, 4) is 0 Å². The van der Waals surface area contributed by atoms with Crippen LogP contribution in [0.15, 0.2) is 22.6 Å². The zero-order valence-corrected chi connectivity index (χ0v) is 13.6. The Kier molecular flexibility index (Phi) is 4.49. The second-order valence-corrected chi connectivity index (χ2v) is 5.98. The fourth-order valence-corrected chi connectivity index (χ4v) is 2.85. The van der Waals surface area contributed by atoms with Gasteiger partial charge in [0.1, 0.15) is 0 Å². The van der Waals surface area contributed by atoms with E-state index in [4.69, 9.17) is 4.42 Å². The number of alkyl halides is 3. The Morgan fingerprint density at radius 3 is 2.42 bits per heavy atom. The summed E-state index contributed by atoms with van der Waals surface area (Å²) in [6.07, 6.45) is -4.59. The van der Waals surface area contributed by atoms with Crippen LogP contribution in [0.5, 0.6) is 0 Å². The largest absolute Gasteiger partial charge is 0.470 e. The van der Waals surface area contributed by atoms with Crippen molar-refractivity contribution in [2.75, 3.05) is 31.1 Å². The molecule has 0 spiro atoms. The monoisotopic (exact) mass is 340 g/mol. The molecule has 3 rings (SSSR count). The predicted octanol–water partition coefficient (Wildman–Crippen LogP) is 3.03. The van der Waals surface area contributed by atoms with Crippen LogP contribution < -0.4 is 4.90 Å². The van der Waals surface area contributed by atoms with E-state index in [0.717, 1.165) is 26.2 Å². The summed E-state index contributed by atoms with van der Waals surface area (Å²) in [5, 5.41) is 6.55. The molecule has 0 aliphatic carbocycles. The Morgan fingerprint density at radius 2 is 1.79 bits per heavy atom. The van der Waals surface area contributed by atoms with Gasteiger partial charge in [-0.15, -0.1) is 10.2 Å². The lowest BCUT2D eigenvalue weighted by atomic mass is 10.1. The molecule has 5 nitrogen and oxygen atoms in total. The van der Waals surface area contributed by atoms with Crippen LogP contribution in [0.25, 0.3) is 0 Å². The van der Waals surface area contributed by atoms with E-state index in [1.807, 2.05) is 11.0 Å². The number of hydrogen-bond donors (Lipinski definition) is 0. The molecular weight excluding hydrogens is 321 g/mol. The molecule has 2 heterocycles. The fourth-order valence-electron chi connectivity index (χ4n) is 2.85. The van der Waals surface area contributed by atoms with E-state index in [9.17, 15) is 13.2 Å². The van der Waals surface area contributed by atoms with Crippen LogP contribution in [0.1, 0.15) is 22.9 Å². The van der Waals surface area contributed by atoms with Crippen LogP contribution in [0.3, 0.4) is 0 Å². The Labute approximate surface area is 138 Å². The first-order valence-electron chi connectivity index (χ1n) is 7.77. The second-order valence-electron chi connectivity index (χ2n) is 5.98. The molecule has 130 valence electrons. The number of rotatable bonds is 3. The lowest BCUT2D eigenvalue weighted by Crippen LogP contribution is -2.46. The van der Waals surface area contributed by atoms with E-state index in [2.05, 4.69) is 41.1 Å². The van der Waals surface area contributed by atoms with Gasteiger partial charge in [0, 0.05) is 31.9 Å². The highest BCUT2D eigenvalue weighted by Crippen LogP contribution is 2.28. The minimum Gasteiger partial charge on any atom is -0.416 e. The first kappa shape index (κ1) is 16.8. The molecular formula is C16H19F3N4O. The molecule has 1 aromatic carbocycles. The molecule has 0 N–H and O–H groups in total. The summed E-state index contributed by atoms with van der Waals surface area (Å²) in [4.78, 5) is 4.32. The minimum atomic E-state index is -4.59. The molecule has 1 fully saturated rings. The van der Waals surface area contributed by atoms with Crippen LogP contribution in [0.2, 0.25) is 0 Å². The Bertz CT molecular complexity index is 706. The predicted molar refractivity (Wildman–Crippen MR) is 82.7 cm³/mol. The first-order valence-corrected chi connectivity index (χ1v) is 7.77. The topological polar surface area (TPSA) is 45.4 Å². The maximum Gasteiger partial charge on any atom is 0.470 e. The molecule has 1 saturated heterocycles. The third-order valence-corrected chi connectivity index (χ3v) is 4.36. The number of benzene rings is 1. The highest BCUT2D eigenvalue weighted by Gasteiger charge is 2.38. The summed E-state index contributed by atoms with van der Waals surface area (Å²) >= 11 is 0. The van der Waals surface area contributed by atoms with Crippen molar-refractivity contribution in [1.82, 2.24) is 15.1 Å². The van der Waals surface area contributed by atoms with Gasteiger partial charge in [-0.25, -0.2) is 0 Å². The van der Waals surface area contributed by atoms with Gasteiger partial charge < -0.3 is 9.32 Å². The number of hydrogen-bond acceptors (Lipinski definition) is 5. The quantitative estimate of drug-likeness (QED) is 0.859. The average molecular weight is 340 g/mol. The summed E-state index contributed by atoms with van der Waals surface area (Å²) in [6, 6.07) is 6.23. The normalized spacial score (nSPS) is 16.6. The highest BCUT2D eigenvalue weighted by atomic mass is 19.4. The number of aromatic nitrogens is 2. The van der Waals surface area contributed by atoms with Gasteiger partial charge in [-0.05, 0) is 31.0 Å². The molecule has 8 heteroatoms. The number of aryl methyl sites for hydroxylation is 1. The average Bonchev–Trinajstić information content (AvgIpc) is 3.00. The molecule has 1 aromatic heterocycles. The molecule has 0 saturated carbocycles. The molecule has 2 aromatic rings. The van der Waals surface area contributed by atoms with Gasteiger partial charge in [0.05, 0.1) is 6.54 Å². The molecule has 0 atom stereocenters. The van der Waals surface area contributed by atoms with Crippen molar-refractivity contribution >= 4 is 5.69 Å². The molecule has 1 aliphatic rings. The van der Waals surface area contributed by atoms with Crippen molar-refractivity contribution in [3.05, 3.63) is 41.1 Å². The van der Waals surface area contributed by atoms with Gasteiger partial charge in [-0.3, -0.25) is 4.90 Å². The lowest BCUT2D eigenvalue weighted by molar-refractivity contribution is -0.157. The number of halogens is 3. The van der Waals surface area contributed by atoms with Crippen LogP contribution in [0, 0.1) is 13.8 Å². The van der Waals surface area contributed by atoms with E-state index >= 15 is 0 Å². The van der Waals surface area contributed by atoms with Gasteiger partial charge in [0.2, 0.25) is 5.89 Å². The Hall–Kier alpha value is -2.09. The maximum absolute atomic E-state index is 12.5. The number of nitrogens with zero attached hydrogens (tertiary/aromatic N) is 4. The standard InChI is InChI=1S/C16H19F3N4O/c1-11-4-3-5-13(12(11)2)23-8-6-22(7-9-23)10-14-20-21-15(24-14)16(17,18)19/h3-5H,6-10H2,1-2H3. The molecule has 24 heavy (non-hydrogen) atoms. The summed E-state index contributed by atoms with van der Waals surface area (Å²) < 4.78 is 42.1. The number of piperazine rings is 1. The smallest absolute Gasteiger partial charge is 0.416 e. The molecule has 1 aliphatic heterocycles. The van der Waals surface area contributed by atoms with Crippen molar-refractivity contribution in [2.24, 2.45) is 0 Å². The third kappa shape index (κ3) is 3.53. The van der Waals surface area contributed by atoms with Crippen molar-refractivity contribution in [2.45, 2.75) is 26.6 Å². The van der Waals surface area contributed by atoms with E-state index in [-0.39, 0.29) is 12.4 Å². The van der Waals surface area contributed by atoms with Crippen molar-refractivity contribution in [1.29, 1.82) is 0 Å². The van der Waals surface area contributed by atoms with Crippen LogP contribution >= 0.6 is 0 Å². The third-order valence-electron chi connectivity index (χ3n) is 4.36. The maximum atomic E-state index is 12.5. The number of anilines is 1. The SMILES string of the molecule is Cc1cccc(N2CCN(Cc3nnc(C(F)(F)F)o3)CC2)c1C. The highest BCUT2D eigenvalue weighted by molar-refractivity contribution is 5.56. The first-order chi connectivity index (χ1) is 11.3. The van der Waals surface area contributed by atoms with Gasteiger partial charge in [-0.2, -0.15) is 13.2 Å². The molecule has 0 bridgehead atoms. The van der Waals surface area contributed by atoms with Crippen LogP contribution in [0.4, 0.5) is 18.9 Å². The summed E-state index contributed by atoms with van der Waals surface area (Å²) in [6.45, 7) is 7.52. The van der Waals surface area contributed by atoms with Crippen LogP contribution in [-0.4, -0.2) is 41.3 Å². The van der Waals surface area contributed by atoms with E-state index in [0.29, 0.717) is 0 Å².